The first-order valence-corrected chi connectivity index (χ1v) is 5.35. The summed E-state index contributed by atoms with van der Waals surface area (Å²) in [7, 11) is 1.65. The van der Waals surface area contributed by atoms with E-state index in [0.29, 0.717) is 12.4 Å². The molecule has 0 N–H and O–H groups in total. The molecule has 0 fully saturated rings. The number of fused-ring (bicyclic) bond motifs is 1. The number of nitriles is 1. The number of hydrogen-bond donors (Lipinski definition) is 0. The van der Waals surface area contributed by atoms with Crippen molar-refractivity contribution in [1.29, 1.82) is 5.26 Å². The van der Waals surface area contributed by atoms with Crippen LogP contribution < -0.4 is 10.3 Å². The van der Waals surface area contributed by atoms with Crippen LogP contribution in [0.5, 0.6) is 5.75 Å². The van der Waals surface area contributed by atoms with Gasteiger partial charge >= 0.3 is 0 Å². The SMILES string of the molecule is CCOc1c(C#N)c(=O)n(C)c2ccccc12. The molecule has 2 aromatic rings. The molecule has 0 atom stereocenters. The summed E-state index contributed by atoms with van der Waals surface area (Å²) in [6.07, 6.45) is 0. The summed E-state index contributed by atoms with van der Waals surface area (Å²) >= 11 is 0. The van der Waals surface area contributed by atoms with Crippen LogP contribution in [0.15, 0.2) is 29.1 Å². The van der Waals surface area contributed by atoms with Crippen molar-refractivity contribution < 1.29 is 4.74 Å². The summed E-state index contributed by atoms with van der Waals surface area (Å²) in [6, 6.07) is 9.31. The number of nitrogens with zero attached hydrogens (tertiary/aromatic N) is 2. The smallest absolute Gasteiger partial charge is 0.272 e. The number of rotatable bonds is 2. The Bertz CT molecular complexity index is 665. The first-order valence-electron chi connectivity index (χ1n) is 5.35. The van der Waals surface area contributed by atoms with Crippen LogP contribution >= 0.6 is 0 Å². The van der Waals surface area contributed by atoms with Crippen molar-refractivity contribution in [3.05, 3.63) is 40.2 Å². The van der Waals surface area contributed by atoms with Gasteiger partial charge in [-0.3, -0.25) is 4.79 Å². The number of aryl methyl sites for hydroxylation is 1. The van der Waals surface area contributed by atoms with Gasteiger partial charge < -0.3 is 9.30 Å². The molecule has 0 saturated carbocycles. The molecule has 0 saturated heterocycles. The highest BCUT2D eigenvalue weighted by atomic mass is 16.5. The van der Waals surface area contributed by atoms with E-state index in [1.807, 2.05) is 37.3 Å². The minimum atomic E-state index is -0.324. The maximum Gasteiger partial charge on any atom is 0.272 e. The van der Waals surface area contributed by atoms with E-state index in [-0.39, 0.29) is 11.1 Å². The molecule has 0 radical (unpaired) electrons. The van der Waals surface area contributed by atoms with Gasteiger partial charge in [0.2, 0.25) is 0 Å². The van der Waals surface area contributed by atoms with E-state index in [1.165, 1.54) is 4.57 Å². The average Bonchev–Trinajstić information content (AvgIpc) is 2.36. The fraction of sp³-hybridized carbons (Fsp3) is 0.231. The van der Waals surface area contributed by atoms with Crippen molar-refractivity contribution in [2.75, 3.05) is 6.61 Å². The van der Waals surface area contributed by atoms with Gasteiger partial charge in [0, 0.05) is 12.4 Å². The lowest BCUT2D eigenvalue weighted by Gasteiger charge is -2.12. The van der Waals surface area contributed by atoms with Crippen molar-refractivity contribution in [2.45, 2.75) is 6.92 Å². The number of hydrogen-bond acceptors (Lipinski definition) is 3. The monoisotopic (exact) mass is 228 g/mol. The van der Waals surface area contributed by atoms with Gasteiger partial charge in [-0.05, 0) is 19.1 Å². The summed E-state index contributed by atoms with van der Waals surface area (Å²) in [6.45, 7) is 2.25. The van der Waals surface area contributed by atoms with E-state index in [0.717, 1.165) is 10.9 Å². The normalized spacial score (nSPS) is 10.2. The molecule has 0 aliphatic carbocycles. The Morgan fingerprint density at radius 2 is 2.12 bits per heavy atom. The van der Waals surface area contributed by atoms with Crippen LogP contribution in [0.4, 0.5) is 0 Å². The molecule has 0 unspecified atom stereocenters. The van der Waals surface area contributed by atoms with Crippen LogP contribution in [0.25, 0.3) is 10.9 Å². The molecule has 0 amide bonds. The Morgan fingerprint density at radius 1 is 1.41 bits per heavy atom. The number of ether oxygens (including phenoxy) is 1. The highest BCUT2D eigenvalue weighted by molar-refractivity contribution is 5.87. The Balaban J connectivity index is 2.98. The predicted molar refractivity (Wildman–Crippen MR) is 65.1 cm³/mol. The lowest BCUT2D eigenvalue weighted by molar-refractivity contribution is 0.342. The first-order chi connectivity index (χ1) is 8.20. The fourth-order valence-corrected chi connectivity index (χ4v) is 1.86. The van der Waals surface area contributed by atoms with Crippen molar-refractivity contribution >= 4 is 10.9 Å². The van der Waals surface area contributed by atoms with E-state index >= 15 is 0 Å². The highest BCUT2D eigenvalue weighted by Crippen LogP contribution is 2.26. The zero-order valence-corrected chi connectivity index (χ0v) is 9.73. The number of aromatic nitrogens is 1. The highest BCUT2D eigenvalue weighted by Gasteiger charge is 2.15. The first kappa shape index (κ1) is 11.2. The summed E-state index contributed by atoms with van der Waals surface area (Å²) in [5.41, 5.74) is 0.502. The summed E-state index contributed by atoms with van der Waals surface area (Å²) < 4.78 is 6.91. The number of pyridine rings is 1. The van der Waals surface area contributed by atoms with E-state index < -0.39 is 0 Å². The summed E-state index contributed by atoms with van der Waals surface area (Å²) in [5.74, 6) is 0.383. The van der Waals surface area contributed by atoms with Gasteiger partial charge in [-0.1, -0.05) is 12.1 Å². The Kier molecular flexibility index (Phi) is 2.84. The summed E-state index contributed by atoms with van der Waals surface area (Å²) in [5, 5.41) is 9.85. The Hall–Kier alpha value is -2.28. The molecule has 4 nitrogen and oxygen atoms in total. The zero-order chi connectivity index (χ0) is 12.4. The third-order valence-electron chi connectivity index (χ3n) is 2.66. The number of para-hydroxylation sites is 1. The Labute approximate surface area is 98.7 Å². The number of benzene rings is 1. The predicted octanol–water partition coefficient (Wildman–Crippen LogP) is 1.81. The molecule has 0 aliphatic rings. The van der Waals surface area contributed by atoms with Crippen molar-refractivity contribution in [3.8, 4) is 11.8 Å². The zero-order valence-electron chi connectivity index (χ0n) is 9.73. The van der Waals surface area contributed by atoms with E-state index in [4.69, 9.17) is 10.00 Å². The lowest BCUT2D eigenvalue weighted by Crippen LogP contribution is -2.21. The second kappa shape index (κ2) is 4.30. The van der Waals surface area contributed by atoms with Gasteiger partial charge in [0.05, 0.1) is 12.1 Å². The molecule has 2 rings (SSSR count). The van der Waals surface area contributed by atoms with Gasteiger partial charge in [0.25, 0.3) is 5.56 Å². The largest absolute Gasteiger partial charge is 0.492 e. The van der Waals surface area contributed by atoms with E-state index in [1.54, 1.807) is 7.05 Å². The lowest BCUT2D eigenvalue weighted by atomic mass is 10.1. The topological polar surface area (TPSA) is 55.0 Å². The van der Waals surface area contributed by atoms with Gasteiger partial charge in [-0.25, -0.2) is 0 Å². The molecule has 0 spiro atoms. The van der Waals surface area contributed by atoms with Crippen molar-refractivity contribution in [2.24, 2.45) is 7.05 Å². The van der Waals surface area contributed by atoms with Gasteiger partial charge in [0.15, 0.2) is 11.3 Å². The van der Waals surface area contributed by atoms with E-state index in [2.05, 4.69) is 0 Å². The van der Waals surface area contributed by atoms with Crippen LogP contribution in [0.1, 0.15) is 12.5 Å². The molecule has 0 aliphatic heterocycles. The summed E-state index contributed by atoms with van der Waals surface area (Å²) in [4.78, 5) is 12.0. The molecular weight excluding hydrogens is 216 g/mol. The minimum absolute atomic E-state index is 0.0630. The maximum atomic E-state index is 12.0. The molecule has 1 aromatic carbocycles. The van der Waals surface area contributed by atoms with Crippen LogP contribution in [-0.2, 0) is 7.05 Å². The quantitative estimate of drug-likeness (QED) is 0.787. The van der Waals surface area contributed by atoms with Crippen LogP contribution in [0.2, 0.25) is 0 Å². The van der Waals surface area contributed by atoms with Crippen LogP contribution in [0.3, 0.4) is 0 Å². The Morgan fingerprint density at radius 3 is 2.76 bits per heavy atom. The molecule has 0 bridgehead atoms. The molecule has 4 heteroatoms. The third kappa shape index (κ3) is 1.66. The second-order valence-electron chi connectivity index (χ2n) is 3.63. The van der Waals surface area contributed by atoms with Crippen molar-refractivity contribution in [1.82, 2.24) is 4.57 Å². The molecular formula is C13H12N2O2. The third-order valence-corrected chi connectivity index (χ3v) is 2.66. The van der Waals surface area contributed by atoms with Crippen molar-refractivity contribution in [3.63, 3.8) is 0 Å². The van der Waals surface area contributed by atoms with E-state index in [9.17, 15) is 4.79 Å². The molecule has 1 aromatic heterocycles. The molecule has 1 heterocycles. The van der Waals surface area contributed by atoms with Crippen LogP contribution in [0, 0.1) is 11.3 Å². The minimum Gasteiger partial charge on any atom is -0.492 e. The maximum absolute atomic E-state index is 12.0. The average molecular weight is 228 g/mol. The molecule has 17 heavy (non-hydrogen) atoms. The van der Waals surface area contributed by atoms with Gasteiger partial charge in [-0.2, -0.15) is 5.26 Å². The van der Waals surface area contributed by atoms with Gasteiger partial charge in [-0.15, -0.1) is 0 Å². The molecule has 86 valence electrons. The standard InChI is InChI=1S/C13H12N2O2/c1-3-17-12-9-6-4-5-7-11(9)15(2)13(16)10(12)8-14/h4-7H,3H2,1-2H3. The fourth-order valence-electron chi connectivity index (χ4n) is 1.86. The second-order valence-corrected chi connectivity index (χ2v) is 3.63. The van der Waals surface area contributed by atoms with Crippen LogP contribution in [-0.4, -0.2) is 11.2 Å². The van der Waals surface area contributed by atoms with Gasteiger partial charge in [0.1, 0.15) is 6.07 Å².